The first-order valence-electron chi connectivity index (χ1n) is 5.52. The van der Waals surface area contributed by atoms with Crippen molar-refractivity contribution in [2.24, 2.45) is 13.0 Å². The number of methoxy groups -OCH3 is 1. The van der Waals surface area contributed by atoms with Crippen molar-refractivity contribution in [3.8, 4) is 0 Å². The van der Waals surface area contributed by atoms with E-state index in [1.165, 1.54) is 0 Å². The quantitative estimate of drug-likeness (QED) is 0.428. The van der Waals surface area contributed by atoms with E-state index in [-0.39, 0.29) is 30.0 Å². The maximum atomic E-state index is 12.0. The van der Waals surface area contributed by atoms with Gasteiger partial charge in [0.15, 0.2) is 0 Å². The van der Waals surface area contributed by atoms with Crippen molar-refractivity contribution in [3.05, 3.63) is 18.7 Å². The molecule has 1 aliphatic heterocycles. The van der Waals surface area contributed by atoms with Crippen molar-refractivity contribution >= 4 is 6.03 Å². The van der Waals surface area contributed by atoms with Gasteiger partial charge in [0, 0.05) is 26.1 Å². The molecular formula is C11H18IN3O2. The number of amides is 1. The molecule has 0 N–H and O–H groups in total. The molecule has 5 nitrogen and oxygen atoms in total. The van der Waals surface area contributed by atoms with Crippen LogP contribution in [-0.4, -0.2) is 42.3 Å². The topological polar surface area (TPSA) is 38.4 Å². The molecule has 1 fully saturated rings. The third-order valence-corrected chi connectivity index (χ3v) is 2.95. The molecule has 1 unspecified atom stereocenters. The first-order valence-corrected chi connectivity index (χ1v) is 5.52. The second-order valence-corrected chi connectivity index (χ2v) is 4.32. The minimum atomic E-state index is 0. The Morgan fingerprint density at radius 3 is 2.94 bits per heavy atom. The second kappa shape index (κ2) is 6.34. The molecule has 96 valence electrons. The molecule has 2 heterocycles. The van der Waals surface area contributed by atoms with E-state index in [1.54, 1.807) is 24.2 Å². The van der Waals surface area contributed by atoms with Gasteiger partial charge in [-0.1, -0.05) is 0 Å². The Labute approximate surface area is 118 Å². The van der Waals surface area contributed by atoms with E-state index in [9.17, 15) is 4.79 Å². The van der Waals surface area contributed by atoms with Gasteiger partial charge in [0.1, 0.15) is 12.4 Å². The minimum Gasteiger partial charge on any atom is -1.00 e. The molecule has 1 aromatic heterocycles. The Morgan fingerprint density at radius 2 is 2.35 bits per heavy atom. The Hall–Kier alpha value is -0.630. The van der Waals surface area contributed by atoms with Crippen LogP contribution in [0, 0.1) is 5.92 Å². The molecular weight excluding hydrogens is 333 g/mol. The Balaban J connectivity index is 0.00000144. The molecule has 0 spiro atoms. The maximum absolute atomic E-state index is 12.0. The van der Waals surface area contributed by atoms with Crippen molar-refractivity contribution in [2.75, 3.05) is 26.8 Å². The fraction of sp³-hybridized carbons (Fsp3) is 0.636. The number of aryl methyl sites for hydroxylation is 1. The van der Waals surface area contributed by atoms with Gasteiger partial charge in [-0.2, -0.15) is 4.57 Å². The summed E-state index contributed by atoms with van der Waals surface area (Å²) in [6.45, 7) is 2.37. The zero-order valence-electron chi connectivity index (χ0n) is 10.2. The van der Waals surface area contributed by atoms with E-state index in [4.69, 9.17) is 4.74 Å². The summed E-state index contributed by atoms with van der Waals surface area (Å²) in [5, 5.41) is 0. The van der Waals surface area contributed by atoms with Gasteiger partial charge in [0.2, 0.25) is 0 Å². The number of nitrogens with zero attached hydrogens (tertiary/aromatic N) is 3. The molecule has 2 rings (SSSR count). The van der Waals surface area contributed by atoms with E-state index >= 15 is 0 Å². The van der Waals surface area contributed by atoms with Crippen LogP contribution in [0.2, 0.25) is 0 Å². The molecule has 0 saturated carbocycles. The number of ether oxygens (including phenoxy) is 1. The number of imidazole rings is 1. The van der Waals surface area contributed by atoms with Crippen molar-refractivity contribution in [1.29, 1.82) is 0 Å². The Morgan fingerprint density at radius 1 is 1.59 bits per heavy atom. The van der Waals surface area contributed by atoms with E-state index in [1.807, 2.05) is 22.7 Å². The summed E-state index contributed by atoms with van der Waals surface area (Å²) >= 11 is 0. The number of likely N-dealkylation sites (tertiary alicyclic amines) is 1. The van der Waals surface area contributed by atoms with Gasteiger partial charge in [-0.05, 0) is 6.42 Å². The summed E-state index contributed by atoms with van der Waals surface area (Å²) in [7, 11) is 3.61. The molecule has 1 aliphatic rings. The summed E-state index contributed by atoms with van der Waals surface area (Å²) in [5.74, 6) is 0.485. The van der Waals surface area contributed by atoms with Crippen LogP contribution in [0.3, 0.4) is 0 Å². The van der Waals surface area contributed by atoms with Crippen LogP contribution in [0.4, 0.5) is 4.79 Å². The van der Waals surface area contributed by atoms with Crippen LogP contribution in [0.1, 0.15) is 6.42 Å². The van der Waals surface area contributed by atoms with Gasteiger partial charge in [-0.3, -0.25) is 0 Å². The van der Waals surface area contributed by atoms with Crippen LogP contribution < -0.4 is 28.5 Å². The fourth-order valence-corrected chi connectivity index (χ4v) is 2.10. The lowest BCUT2D eigenvalue weighted by Gasteiger charge is -2.12. The number of carbonyl (C=O) groups excluding carboxylic acids is 1. The smallest absolute Gasteiger partial charge is 0.415 e. The van der Waals surface area contributed by atoms with Crippen molar-refractivity contribution in [3.63, 3.8) is 0 Å². The highest BCUT2D eigenvalue weighted by atomic mass is 127. The first-order chi connectivity index (χ1) is 7.70. The fourth-order valence-electron chi connectivity index (χ4n) is 2.10. The standard InChI is InChI=1S/C11H18N3O2.HI/c1-12-5-6-14(9-12)11(15)13-4-3-10(7-13)8-16-2;/h5-6,9-10H,3-4,7-8H2,1-2H3;1H/q+1;/p-1. The van der Waals surface area contributed by atoms with E-state index in [2.05, 4.69) is 0 Å². The molecule has 1 saturated heterocycles. The first kappa shape index (κ1) is 14.4. The SMILES string of the molecule is COCC1CCN(C(=O)n2cc[n+](C)c2)C1.[I-]. The van der Waals surface area contributed by atoms with Gasteiger partial charge in [0.05, 0.1) is 13.7 Å². The molecule has 0 bridgehead atoms. The molecule has 6 heteroatoms. The van der Waals surface area contributed by atoms with E-state index < -0.39 is 0 Å². The Kier molecular flexibility index (Phi) is 5.38. The third kappa shape index (κ3) is 3.41. The molecule has 1 amide bonds. The highest BCUT2D eigenvalue weighted by molar-refractivity contribution is 5.76. The molecule has 0 aromatic carbocycles. The summed E-state index contributed by atoms with van der Waals surface area (Å²) in [6.07, 6.45) is 6.46. The number of carbonyl (C=O) groups is 1. The third-order valence-electron chi connectivity index (χ3n) is 2.95. The summed E-state index contributed by atoms with van der Waals surface area (Å²) in [5.41, 5.74) is 0. The van der Waals surface area contributed by atoms with Gasteiger partial charge >= 0.3 is 6.03 Å². The molecule has 0 radical (unpaired) electrons. The number of hydrogen-bond donors (Lipinski definition) is 0. The predicted octanol–water partition coefficient (Wildman–Crippen LogP) is -2.75. The van der Waals surface area contributed by atoms with Crippen molar-refractivity contribution in [1.82, 2.24) is 9.47 Å². The van der Waals surface area contributed by atoms with Crippen LogP contribution in [0.15, 0.2) is 18.7 Å². The highest BCUT2D eigenvalue weighted by Crippen LogP contribution is 2.17. The zero-order valence-corrected chi connectivity index (χ0v) is 12.3. The monoisotopic (exact) mass is 351 g/mol. The lowest BCUT2D eigenvalue weighted by atomic mass is 10.1. The molecule has 1 atom stereocenters. The van der Waals surface area contributed by atoms with Gasteiger partial charge < -0.3 is 33.6 Å². The van der Waals surface area contributed by atoms with E-state index in [0.29, 0.717) is 5.92 Å². The normalized spacial score (nSPS) is 19.2. The van der Waals surface area contributed by atoms with Crippen LogP contribution in [-0.2, 0) is 11.8 Å². The van der Waals surface area contributed by atoms with Crippen molar-refractivity contribution in [2.45, 2.75) is 6.42 Å². The van der Waals surface area contributed by atoms with Crippen molar-refractivity contribution < 1.29 is 38.1 Å². The lowest BCUT2D eigenvalue weighted by Crippen LogP contribution is -3.00. The van der Waals surface area contributed by atoms with Crippen LogP contribution >= 0.6 is 0 Å². The summed E-state index contributed by atoms with van der Waals surface area (Å²) in [4.78, 5) is 13.9. The molecule has 17 heavy (non-hydrogen) atoms. The van der Waals surface area contributed by atoms with Crippen LogP contribution in [0.5, 0.6) is 0 Å². The average Bonchev–Trinajstić information content (AvgIpc) is 2.87. The number of hydrogen-bond acceptors (Lipinski definition) is 2. The number of halogens is 1. The molecule has 1 aromatic rings. The van der Waals surface area contributed by atoms with Gasteiger partial charge in [-0.25, -0.2) is 9.36 Å². The number of aromatic nitrogens is 2. The summed E-state index contributed by atoms with van der Waals surface area (Å²) < 4.78 is 8.60. The van der Waals surface area contributed by atoms with Gasteiger partial charge in [0.25, 0.3) is 6.33 Å². The van der Waals surface area contributed by atoms with Crippen LogP contribution in [0.25, 0.3) is 0 Å². The zero-order chi connectivity index (χ0) is 11.5. The molecule has 0 aliphatic carbocycles. The average molecular weight is 351 g/mol. The second-order valence-electron chi connectivity index (χ2n) is 4.32. The largest absolute Gasteiger partial charge is 1.00 e. The minimum absolute atomic E-state index is 0. The van der Waals surface area contributed by atoms with Gasteiger partial charge in [-0.15, -0.1) is 0 Å². The lowest BCUT2D eigenvalue weighted by molar-refractivity contribution is -0.670. The maximum Gasteiger partial charge on any atom is 0.415 e. The summed E-state index contributed by atoms with van der Waals surface area (Å²) in [6, 6.07) is 0.0548. The Bertz CT molecular complexity index is 381. The highest BCUT2D eigenvalue weighted by Gasteiger charge is 2.29. The number of rotatable bonds is 2. The predicted molar refractivity (Wildman–Crippen MR) is 58.0 cm³/mol. The van der Waals surface area contributed by atoms with E-state index in [0.717, 1.165) is 26.1 Å².